The standard InChI is InChI=1S/C7H5N3O/c1-5(11)7-4-9-6(2-8)3-10-7/h3-4H,1H3. The first-order chi connectivity index (χ1) is 5.24. The monoisotopic (exact) mass is 147 g/mol. The van der Waals surface area contributed by atoms with Crippen LogP contribution in [0.4, 0.5) is 0 Å². The zero-order valence-corrected chi connectivity index (χ0v) is 5.90. The van der Waals surface area contributed by atoms with Crippen molar-refractivity contribution in [2.24, 2.45) is 0 Å². The van der Waals surface area contributed by atoms with Gasteiger partial charge in [0.2, 0.25) is 0 Å². The molecule has 0 atom stereocenters. The van der Waals surface area contributed by atoms with E-state index in [0.29, 0.717) is 0 Å². The minimum absolute atomic E-state index is 0.151. The molecule has 0 bridgehead atoms. The summed E-state index contributed by atoms with van der Waals surface area (Å²) in [5.41, 5.74) is 0.499. The highest BCUT2D eigenvalue weighted by atomic mass is 16.1. The van der Waals surface area contributed by atoms with E-state index in [1.165, 1.54) is 19.3 Å². The Morgan fingerprint density at radius 3 is 2.64 bits per heavy atom. The maximum absolute atomic E-state index is 10.7. The van der Waals surface area contributed by atoms with Gasteiger partial charge in [-0.05, 0) is 0 Å². The summed E-state index contributed by atoms with van der Waals surface area (Å²) in [5.74, 6) is -0.151. The van der Waals surface area contributed by atoms with Gasteiger partial charge >= 0.3 is 0 Å². The lowest BCUT2D eigenvalue weighted by molar-refractivity contribution is 0.101. The SMILES string of the molecule is CC(=O)c1cnc(C#N)cn1. The van der Waals surface area contributed by atoms with Gasteiger partial charge in [-0.15, -0.1) is 0 Å². The second kappa shape index (κ2) is 2.88. The molecule has 0 aliphatic heterocycles. The highest BCUT2D eigenvalue weighted by Gasteiger charge is 1.99. The summed E-state index contributed by atoms with van der Waals surface area (Å²) in [5, 5.41) is 8.33. The fourth-order valence-electron chi connectivity index (χ4n) is 0.568. The molecule has 0 N–H and O–H groups in total. The molecule has 0 aliphatic rings. The number of Topliss-reactive ketones (excluding diaryl/α,β-unsaturated/α-hetero) is 1. The van der Waals surface area contributed by atoms with Crippen LogP contribution in [-0.4, -0.2) is 15.8 Å². The molecule has 0 unspecified atom stereocenters. The minimum Gasteiger partial charge on any atom is -0.293 e. The normalized spacial score (nSPS) is 8.73. The molecule has 0 aliphatic carbocycles. The van der Waals surface area contributed by atoms with E-state index in [1.54, 1.807) is 0 Å². The Hall–Kier alpha value is -1.76. The van der Waals surface area contributed by atoms with Gasteiger partial charge in [-0.25, -0.2) is 9.97 Å². The summed E-state index contributed by atoms with van der Waals surface area (Å²) in [4.78, 5) is 18.0. The highest BCUT2D eigenvalue weighted by Crippen LogP contribution is 1.94. The van der Waals surface area contributed by atoms with Gasteiger partial charge < -0.3 is 0 Å². The molecule has 1 rings (SSSR count). The van der Waals surface area contributed by atoms with Crippen molar-refractivity contribution in [3.8, 4) is 6.07 Å². The van der Waals surface area contributed by atoms with E-state index >= 15 is 0 Å². The number of carbonyl (C=O) groups is 1. The number of aromatic nitrogens is 2. The zero-order chi connectivity index (χ0) is 8.27. The molecule has 1 aromatic rings. The van der Waals surface area contributed by atoms with Crippen molar-refractivity contribution in [2.75, 3.05) is 0 Å². The van der Waals surface area contributed by atoms with Gasteiger partial charge in [-0.1, -0.05) is 0 Å². The van der Waals surface area contributed by atoms with Crippen LogP contribution in [0.1, 0.15) is 23.1 Å². The number of hydrogen-bond donors (Lipinski definition) is 0. The van der Waals surface area contributed by atoms with Crippen LogP contribution in [0.25, 0.3) is 0 Å². The molecule has 0 saturated carbocycles. The van der Waals surface area contributed by atoms with Gasteiger partial charge in [-0.3, -0.25) is 4.79 Å². The van der Waals surface area contributed by atoms with Crippen LogP contribution in [0.15, 0.2) is 12.4 Å². The lowest BCUT2D eigenvalue weighted by Crippen LogP contribution is -1.97. The van der Waals surface area contributed by atoms with E-state index in [2.05, 4.69) is 9.97 Å². The molecule has 0 amide bonds. The Labute approximate surface area is 63.5 Å². The van der Waals surface area contributed by atoms with Crippen LogP contribution in [-0.2, 0) is 0 Å². The topological polar surface area (TPSA) is 66.6 Å². The van der Waals surface area contributed by atoms with Crippen LogP contribution in [0.2, 0.25) is 0 Å². The third-order valence-corrected chi connectivity index (χ3v) is 1.13. The van der Waals surface area contributed by atoms with E-state index in [0.717, 1.165) is 0 Å². The Balaban J connectivity index is 3.03. The summed E-state index contributed by atoms with van der Waals surface area (Å²) in [6.45, 7) is 1.40. The fraction of sp³-hybridized carbons (Fsp3) is 0.143. The number of ketones is 1. The quantitative estimate of drug-likeness (QED) is 0.544. The molecule has 0 aromatic carbocycles. The van der Waals surface area contributed by atoms with Gasteiger partial charge in [0.1, 0.15) is 11.8 Å². The van der Waals surface area contributed by atoms with Crippen LogP contribution < -0.4 is 0 Å². The molecule has 11 heavy (non-hydrogen) atoms. The maximum atomic E-state index is 10.7. The summed E-state index contributed by atoms with van der Waals surface area (Å²) in [7, 11) is 0. The molecule has 0 fully saturated rings. The van der Waals surface area contributed by atoms with Gasteiger partial charge in [0.15, 0.2) is 11.5 Å². The summed E-state index contributed by atoms with van der Waals surface area (Å²) in [6.07, 6.45) is 2.57. The first-order valence-electron chi connectivity index (χ1n) is 2.97. The van der Waals surface area contributed by atoms with Crippen molar-refractivity contribution in [1.29, 1.82) is 5.26 Å². The molecule has 4 nitrogen and oxygen atoms in total. The highest BCUT2D eigenvalue weighted by molar-refractivity contribution is 5.91. The van der Waals surface area contributed by atoms with Crippen molar-refractivity contribution in [2.45, 2.75) is 6.92 Å². The number of hydrogen-bond acceptors (Lipinski definition) is 4. The number of nitrogens with zero attached hydrogens (tertiary/aromatic N) is 3. The second-order valence-corrected chi connectivity index (χ2v) is 1.95. The molecule has 0 saturated heterocycles. The van der Waals surface area contributed by atoms with Crippen molar-refractivity contribution < 1.29 is 4.79 Å². The molecule has 0 radical (unpaired) electrons. The predicted molar refractivity (Wildman–Crippen MR) is 36.8 cm³/mol. The van der Waals surface area contributed by atoms with Gasteiger partial charge in [0.05, 0.1) is 12.4 Å². The first kappa shape index (κ1) is 7.35. The lowest BCUT2D eigenvalue weighted by Gasteiger charge is -1.90. The lowest BCUT2D eigenvalue weighted by atomic mass is 10.3. The molecule has 4 heteroatoms. The predicted octanol–water partition coefficient (Wildman–Crippen LogP) is 0.551. The summed E-state index contributed by atoms with van der Waals surface area (Å²) < 4.78 is 0. The van der Waals surface area contributed by atoms with Crippen LogP contribution in [0.5, 0.6) is 0 Å². The van der Waals surface area contributed by atoms with Crippen molar-refractivity contribution in [3.63, 3.8) is 0 Å². The minimum atomic E-state index is -0.151. The second-order valence-electron chi connectivity index (χ2n) is 1.95. The van der Waals surface area contributed by atoms with E-state index in [4.69, 9.17) is 5.26 Å². The molecular formula is C7H5N3O. The van der Waals surface area contributed by atoms with Crippen LogP contribution in [0, 0.1) is 11.3 Å². The van der Waals surface area contributed by atoms with Crippen molar-refractivity contribution in [1.82, 2.24) is 9.97 Å². The van der Waals surface area contributed by atoms with E-state index in [1.807, 2.05) is 6.07 Å². The molecule has 54 valence electrons. The Bertz CT molecular complexity index is 309. The van der Waals surface area contributed by atoms with Crippen molar-refractivity contribution >= 4 is 5.78 Å². The molecule has 0 spiro atoms. The largest absolute Gasteiger partial charge is 0.293 e. The molecule has 1 aromatic heterocycles. The van der Waals surface area contributed by atoms with E-state index < -0.39 is 0 Å². The van der Waals surface area contributed by atoms with Crippen LogP contribution >= 0.6 is 0 Å². The summed E-state index contributed by atoms with van der Waals surface area (Å²) in [6, 6.07) is 1.81. The number of nitriles is 1. The maximum Gasteiger partial charge on any atom is 0.179 e. The average Bonchev–Trinajstić information content (AvgIpc) is 2.05. The van der Waals surface area contributed by atoms with Crippen LogP contribution in [0.3, 0.4) is 0 Å². The third-order valence-electron chi connectivity index (χ3n) is 1.13. The van der Waals surface area contributed by atoms with E-state index in [-0.39, 0.29) is 17.2 Å². The first-order valence-corrected chi connectivity index (χ1v) is 2.97. The summed E-state index contributed by atoms with van der Waals surface area (Å²) >= 11 is 0. The third kappa shape index (κ3) is 1.58. The van der Waals surface area contributed by atoms with Gasteiger partial charge in [0.25, 0.3) is 0 Å². The Kier molecular flexibility index (Phi) is 1.93. The Morgan fingerprint density at radius 2 is 2.27 bits per heavy atom. The number of rotatable bonds is 1. The number of carbonyl (C=O) groups excluding carboxylic acids is 1. The molecule has 1 heterocycles. The smallest absolute Gasteiger partial charge is 0.179 e. The fourth-order valence-corrected chi connectivity index (χ4v) is 0.568. The molecular weight excluding hydrogens is 142 g/mol. The average molecular weight is 147 g/mol. The van der Waals surface area contributed by atoms with Gasteiger partial charge in [0, 0.05) is 6.92 Å². The zero-order valence-electron chi connectivity index (χ0n) is 5.90. The van der Waals surface area contributed by atoms with E-state index in [9.17, 15) is 4.79 Å². The Morgan fingerprint density at radius 1 is 1.55 bits per heavy atom. The van der Waals surface area contributed by atoms with Gasteiger partial charge in [-0.2, -0.15) is 5.26 Å². The van der Waals surface area contributed by atoms with Crippen molar-refractivity contribution in [3.05, 3.63) is 23.8 Å².